The summed E-state index contributed by atoms with van der Waals surface area (Å²) in [5, 5.41) is 6.91. The van der Waals surface area contributed by atoms with Gasteiger partial charge in [-0.05, 0) is 65.2 Å². The van der Waals surface area contributed by atoms with Gasteiger partial charge in [0.15, 0.2) is 11.5 Å². The van der Waals surface area contributed by atoms with Crippen molar-refractivity contribution in [3.05, 3.63) is 47.2 Å². The minimum atomic E-state index is -1.20. The number of carbonyl (C=O) groups excluding carboxylic acids is 2. The Balaban J connectivity index is 1.60. The summed E-state index contributed by atoms with van der Waals surface area (Å²) in [5.41, 5.74) is 6.65. The first-order valence-electron chi connectivity index (χ1n) is 13.2. The molecule has 1 aliphatic rings. The molecule has 13 heteroatoms. The highest BCUT2D eigenvalue weighted by atomic mass is 19.1. The average Bonchev–Trinajstić information content (AvgIpc) is 3.40. The lowest BCUT2D eigenvalue weighted by Gasteiger charge is -2.27. The number of nitrogen functional groups attached to an aromatic ring is 1. The lowest BCUT2D eigenvalue weighted by molar-refractivity contribution is 0.0502. The number of nitrogens with one attached hydrogen (secondary N) is 1. The molecule has 0 radical (unpaired) electrons. The van der Waals surface area contributed by atoms with Crippen LogP contribution in [-0.4, -0.2) is 62.6 Å². The van der Waals surface area contributed by atoms with Gasteiger partial charge < -0.3 is 25.4 Å². The SMILES string of the molecule is CCOC(=O)c1c(N)nn2ccc(N3C[C@@H](F)C[C@@H]3c3cc(F)cnc3CCC(C)NC(=O)OC(C)(C)C)nc12. The summed E-state index contributed by atoms with van der Waals surface area (Å²) < 4.78 is 41.1. The monoisotopic (exact) mass is 559 g/mol. The van der Waals surface area contributed by atoms with Crippen molar-refractivity contribution in [1.29, 1.82) is 0 Å². The van der Waals surface area contributed by atoms with E-state index in [4.69, 9.17) is 15.2 Å². The Bertz CT molecular complexity index is 1390. The van der Waals surface area contributed by atoms with Crippen LogP contribution in [0.4, 0.5) is 25.2 Å². The minimum Gasteiger partial charge on any atom is -0.462 e. The van der Waals surface area contributed by atoms with E-state index in [-0.39, 0.29) is 42.6 Å². The number of nitrogens with zero attached hydrogens (tertiary/aromatic N) is 5. The molecule has 1 unspecified atom stereocenters. The van der Waals surface area contributed by atoms with Gasteiger partial charge in [0, 0.05) is 24.4 Å². The number of fused-ring (bicyclic) bond motifs is 1. The molecule has 11 nitrogen and oxygen atoms in total. The van der Waals surface area contributed by atoms with Crippen LogP contribution >= 0.6 is 0 Å². The van der Waals surface area contributed by atoms with Crippen molar-refractivity contribution in [3.63, 3.8) is 0 Å². The molecular weight excluding hydrogens is 524 g/mol. The number of ether oxygens (including phenoxy) is 2. The van der Waals surface area contributed by atoms with Gasteiger partial charge in [-0.15, -0.1) is 5.10 Å². The van der Waals surface area contributed by atoms with E-state index in [0.717, 1.165) is 6.20 Å². The van der Waals surface area contributed by atoms with E-state index < -0.39 is 35.7 Å². The highest BCUT2D eigenvalue weighted by Gasteiger charge is 2.36. The number of aryl methyl sites for hydroxylation is 1. The molecule has 0 saturated carbocycles. The van der Waals surface area contributed by atoms with Crippen molar-refractivity contribution in [3.8, 4) is 0 Å². The molecule has 4 rings (SSSR count). The van der Waals surface area contributed by atoms with E-state index in [1.165, 1.54) is 10.6 Å². The summed E-state index contributed by atoms with van der Waals surface area (Å²) in [7, 11) is 0. The summed E-state index contributed by atoms with van der Waals surface area (Å²) in [5.74, 6) is -0.863. The van der Waals surface area contributed by atoms with Crippen LogP contribution in [0.25, 0.3) is 5.65 Å². The Morgan fingerprint density at radius 2 is 2.08 bits per heavy atom. The van der Waals surface area contributed by atoms with E-state index in [9.17, 15) is 18.4 Å². The second kappa shape index (κ2) is 11.6. The molecule has 1 fully saturated rings. The van der Waals surface area contributed by atoms with Crippen LogP contribution in [0, 0.1) is 5.82 Å². The highest BCUT2D eigenvalue weighted by molar-refractivity contribution is 6.00. The van der Waals surface area contributed by atoms with Gasteiger partial charge in [0.1, 0.15) is 29.0 Å². The molecule has 1 amide bonds. The molecule has 3 aromatic heterocycles. The number of hydrogen-bond donors (Lipinski definition) is 2. The maximum atomic E-state index is 14.9. The number of pyridine rings is 1. The van der Waals surface area contributed by atoms with Crippen molar-refractivity contribution >= 4 is 29.3 Å². The first-order valence-corrected chi connectivity index (χ1v) is 13.2. The summed E-state index contributed by atoms with van der Waals surface area (Å²) in [4.78, 5) is 35.3. The van der Waals surface area contributed by atoms with E-state index in [1.54, 1.807) is 44.9 Å². The zero-order valence-corrected chi connectivity index (χ0v) is 23.3. The predicted octanol–water partition coefficient (Wildman–Crippen LogP) is 4.16. The second-order valence-electron chi connectivity index (χ2n) is 10.8. The number of nitrogens with two attached hydrogens (primary N) is 1. The van der Waals surface area contributed by atoms with Crippen LogP contribution in [0.1, 0.15) is 75.1 Å². The van der Waals surface area contributed by atoms with Crippen LogP contribution in [-0.2, 0) is 15.9 Å². The molecule has 4 heterocycles. The van der Waals surface area contributed by atoms with Gasteiger partial charge in [0.05, 0.1) is 25.4 Å². The lowest BCUT2D eigenvalue weighted by Crippen LogP contribution is -2.38. The largest absolute Gasteiger partial charge is 0.462 e. The number of rotatable bonds is 8. The maximum Gasteiger partial charge on any atom is 0.407 e. The van der Waals surface area contributed by atoms with Crippen molar-refractivity contribution in [2.24, 2.45) is 0 Å². The Kier molecular flexibility index (Phi) is 8.40. The Labute approximate surface area is 231 Å². The van der Waals surface area contributed by atoms with Crippen molar-refractivity contribution in [2.45, 2.75) is 77.7 Å². The summed E-state index contributed by atoms with van der Waals surface area (Å²) >= 11 is 0. The molecule has 216 valence electrons. The van der Waals surface area contributed by atoms with Gasteiger partial charge in [-0.2, -0.15) is 0 Å². The second-order valence-corrected chi connectivity index (χ2v) is 10.8. The molecular formula is C27H35F2N7O4. The van der Waals surface area contributed by atoms with E-state index >= 15 is 0 Å². The summed E-state index contributed by atoms with van der Waals surface area (Å²) in [6.07, 6.45) is 1.98. The first kappa shape index (κ1) is 29.0. The van der Waals surface area contributed by atoms with Crippen molar-refractivity contribution < 1.29 is 27.8 Å². The van der Waals surface area contributed by atoms with Crippen LogP contribution in [0.3, 0.4) is 0 Å². The fourth-order valence-corrected chi connectivity index (χ4v) is 4.74. The smallest absolute Gasteiger partial charge is 0.407 e. The van der Waals surface area contributed by atoms with Gasteiger partial charge in [-0.1, -0.05) is 0 Å². The molecule has 3 atom stereocenters. The number of esters is 1. The van der Waals surface area contributed by atoms with Gasteiger partial charge in [-0.3, -0.25) is 4.98 Å². The molecule has 3 N–H and O–H groups in total. The third-order valence-corrected chi connectivity index (χ3v) is 6.43. The average molecular weight is 560 g/mol. The number of halogens is 2. The van der Waals surface area contributed by atoms with Crippen LogP contribution < -0.4 is 16.0 Å². The molecule has 0 spiro atoms. The quantitative estimate of drug-likeness (QED) is 0.390. The third-order valence-electron chi connectivity index (χ3n) is 6.43. The molecule has 1 saturated heterocycles. The van der Waals surface area contributed by atoms with Gasteiger partial charge in [0.2, 0.25) is 0 Å². The van der Waals surface area contributed by atoms with Crippen LogP contribution in [0.15, 0.2) is 24.5 Å². The summed E-state index contributed by atoms with van der Waals surface area (Å²) in [6, 6.07) is 2.19. The number of hydrogen-bond acceptors (Lipinski definition) is 9. The van der Waals surface area contributed by atoms with Crippen molar-refractivity contribution in [2.75, 3.05) is 23.8 Å². The number of alkyl carbamates (subject to hydrolysis) is 1. The Morgan fingerprint density at radius 3 is 2.77 bits per heavy atom. The van der Waals surface area contributed by atoms with Gasteiger partial charge in [-0.25, -0.2) is 27.9 Å². The molecule has 0 aliphatic carbocycles. The Morgan fingerprint density at radius 1 is 1.32 bits per heavy atom. The zero-order chi connectivity index (χ0) is 29.2. The van der Waals surface area contributed by atoms with Crippen LogP contribution in [0.2, 0.25) is 0 Å². The minimum absolute atomic E-state index is 0.0127. The first-order chi connectivity index (χ1) is 18.9. The summed E-state index contributed by atoms with van der Waals surface area (Å²) in [6.45, 7) is 9.02. The number of anilines is 2. The topological polar surface area (TPSA) is 137 Å². The van der Waals surface area contributed by atoms with E-state index in [0.29, 0.717) is 29.9 Å². The lowest BCUT2D eigenvalue weighted by atomic mass is 9.98. The van der Waals surface area contributed by atoms with Crippen LogP contribution in [0.5, 0.6) is 0 Å². The van der Waals surface area contributed by atoms with Crippen molar-refractivity contribution in [1.82, 2.24) is 24.9 Å². The molecule has 40 heavy (non-hydrogen) atoms. The fraction of sp³-hybridized carbons (Fsp3) is 0.519. The number of carbonyl (C=O) groups is 2. The highest BCUT2D eigenvalue weighted by Crippen LogP contribution is 2.38. The van der Waals surface area contributed by atoms with Gasteiger partial charge >= 0.3 is 12.1 Å². The number of amides is 1. The van der Waals surface area contributed by atoms with E-state index in [1.807, 2.05) is 6.92 Å². The third kappa shape index (κ3) is 6.57. The maximum absolute atomic E-state index is 14.9. The van der Waals surface area contributed by atoms with E-state index in [2.05, 4.69) is 20.4 Å². The number of aromatic nitrogens is 4. The zero-order valence-electron chi connectivity index (χ0n) is 23.3. The molecule has 1 aliphatic heterocycles. The van der Waals surface area contributed by atoms with Gasteiger partial charge in [0.25, 0.3) is 0 Å². The normalized spacial score (nSPS) is 18.1. The standard InChI is InChI=1S/C27H35F2N7O4/c1-6-39-25(37)22-23(30)34-36-10-9-21(33-24(22)36)35-14-17(29)12-20(35)18-11-16(28)13-31-19(18)8-7-15(2)32-26(38)40-27(3,4)5/h9-11,13,15,17,20H,6-8,12,14H2,1-5H3,(H2,30,34)(H,32,38)/t15?,17-,20+/m0/s1. The molecule has 3 aromatic rings. The molecule has 0 aromatic carbocycles. The molecule has 0 bridgehead atoms. The predicted molar refractivity (Wildman–Crippen MR) is 144 cm³/mol. The fourth-order valence-electron chi connectivity index (χ4n) is 4.74. The Hall–Kier alpha value is -4.03. The number of alkyl halides is 1.